The summed E-state index contributed by atoms with van der Waals surface area (Å²) in [6, 6.07) is 10.5. The van der Waals surface area contributed by atoms with Gasteiger partial charge in [-0.1, -0.05) is 44.2 Å². The zero-order chi connectivity index (χ0) is 9.94. The van der Waals surface area contributed by atoms with E-state index >= 15 is 0 Å². The lowest BCUT2D eigenvalue weighted by atomic mass is 10.2. The molecule has 0 atom stereocenters. The van der Waals surface area contributed by atoms with Crippen LogP contribution >= 0.6 is 0 Å². The molecule has 0 fully saturated rings. The number of hydrogen-bond acceptors (Lipinski definition) is 1. The monoisotopic (exact) mass is 179 g/mol. The second-order valence-corrected chi connectivity index (χ2v) is 2.94. The molecule has 1 heteroatoms. The summed E-state index contributed by atoms with van der Waals surface area (Å²) in [7, 11) is 1.96. The van der Waals surface area contributed by atoms with Crippen LogP contribution in [0.5, 0.6) is 0 Å². The van der Waals surface area contributed by atoms with Gasteiger partial charge in [-0.15, -0.1) is 0 Å². The number of nitrogens with one attached hydrogen (secondary N) is 1. The van der Waals surface area contributed by atoms with Crippen LogP contribution in [-0.2, 0) is 6.42 Å². The normalized spacial score (nSPS) is 8.85. The summed E-state index contributed by atoms with van der Waals surface area (Å²) in [5.74, 6) is 0. The van der Waals surface area contributed by atoms with Crippen molar-refractivity contribution >= 4 is 0 Å². The third-order valence-corrected chi connectivity index (χ3v) is 1.75. The van der Waals surface area contributed by atoms with Gasteiger partial charge in [0, 0.05) is 0 Å². The second-order valence-electron chi connectivity index (χ2n) is 2.94. The number of benzene rings is 1. The van der Waals surface area contributed by atoms with Crippen molar-refractivity contribution in [2.45, 2.75) is 26.7 Å². The third-order valence-electron chi connectivity index (χ3n) is 1.75. The number of aryl methyl sites for hydroxylation is 1. The Hall–Kier alpha value is -0.820. The highest BCUT2D eigenvalue weighted by Gasteiger charge is 1.79. The minimum Gasteiger partial charge on any atom is -0.320 e. The van der Waals surface area contributed by atoms with Crippen molar-refractivity contribution in [3.63, 3.8) is 0 Å². The standard InChI is InChI=1S/C8H10.C4H11N/c1-2-8-6-4-3-5-7-8;1-3-4-5-2/h3-7H,2H2,1H3;5H,3-4H2,1-2H3. The van der Waals surface area contributed by atoms with Crippen LogP contribution in [0.3, 0.4) is 0 Å². The molecule has 0 saturated carbocycles. The van der Waals surface area contributed by atoms with Crippen molar-refractivity contribution in [3.05, 3.63) is 35.9 Å². The van der Waals surface area contributed by atoms with E-state index in [9.17, 15) is 0 Å². The first-order valence-corrected chi connectivity index (χ1v) is 5.03. The summed E-state index contributed by atoms with van der Waals surface area (Å²) >= 11 is 0. The van der Waals surface area contributed by atoms with E-state index in [0.29, 0.717) is 0 Å². The van der Waals surface area contributed by atoms with Gasteiger partial charge in [-0.2, -0.15) is 0 Å². The lowest BCUT2D eigenvalue weighted by molar-refractivity contribution is 0.772. The fraction of sp³-hybridized carbons (Fsp3) is 0.500. The van der Waals surface area contributed by atoms with Crippen LogP contribution in [0.15, 0.2) is 30.3 Å². The summed E-state index contributed by atoms with van der Waals surface area (Å²) in [5.41, 5.74) is 1.41. The van der Waals surface area contributed by atoms with Crippen LogP contribution in [0.1, 0.15) is 25.8 Å². The van der Waals surface area contributed by atoms with Crippen molar-refractivity contribution in [1.29, 1.82) is 0 Å². The highest BCUT2D eigenvalue weighted by Crippen LogP contribution is 1.96. The van der Waals surface area contributed by atoms with Crippen LogP contribution < -0.4 is 5.32 Å². The van der Waals surface area contributed by atoms with E-state index in [4.69, 9.17) is 0 Å². The van der Waals surface area contributed by atoms with Crippen LogP contribution in [0, 0.1) is 0 Å². The molecule has 0 radical (unpaired) electrons. The third kappa shape index (κ3) is 7.54. The lowest BCUT2D eigenvalue weighted by Crippen LogP contribution is -2.04. The Labute approximate surface area is 82.2 Å². The SMILES string of the molecule is CCCNC.CCc1ccccc1. The molecule has 1 nitrogen and oxygen atoms in total. The lowest BCUT2D eigenvalue weighted by Gasteiger charge is -1.89. The summed E-state index contributed by atoms with van der Waals surface area (Å²) in [6.07, 6.45) is 2.37. The molecule has 0 spiro atoms. The number of rotatable bonds is 3. The van der Waals surface area contributed by atoms with Crippen molar-refractivity contribution in [2.24, 2.45) is 0 Å². The fourth-order valence-electron chi connectivity index (χ4n) is 0.964. The van der Waals surface area contributed by atoms with Crippen LogP contribution in [0.2, 0.25) is 0 Å². The zero-order valence-corrected chi connectivity index (χ0v) is 9.01. The van der Waals surface area contributed by atoms with E-state index in [1.54, 1.807) is 0 Å². The van der Waals surface area contributed by atoms with Gasteiger partial charge in [0.25, 0.3) is 0 Å². The van der Waals surface area contributed by atoms with Crippen molar-refractivity contribution in [1.82, 2.24) is 5.32 Å². The van der Waals surface area contributed by atoms with Crippen molar-refractivity contribution in [2.75, 3.05) is 13.6 Å². The molecule has 13 heavy (non-hydrogen) atoms. The average molecular weight is 179 g/mol. The summed E-state index contributed by atoms with van der Waals surface area (Å²) in [4.78, 5) is 0. The highest BCUT2D eigenvalue weighted by atomic mass is 14.8. The summed E-state index contributed by atoms with van der Waals surface area (Å²) in [6.45, 7) is 5.45. The van der Waals surface area contributed by atoms with Gasteiger partial charge in [0.2, 0.25) is 0 Å². The highest BCUT2D eigenvalue weighted by molar-refractivity contribution is 5.13. The molecule has 0 unspecified atom stereocenters. The molecule has 0 aliphatic carbocycles. The molecule has 0 aromatic heterocycles. The molecule has 74 valence electrons. The molecular formula is C12H21N. The van der Waals surface area contributed by atoms with Gasteiger partial charge in [0.15, 0.2) is 0 Å². The van der Waals surface area contributed by atoms with Crippen LogP contribution in [0.25, 0.3) is 0 Å². The van der Waals surface area contributed by atoms with Gasteiger partial charge in [0.1, 0.15) is 0 Å². The van der Waals surface area contributed by atoms with Crippen molar-refractivity contribution < 1.29 is 0 Å². The maximum Gasteiger partial charge on any atom is -0.00546 e. The molecule has 0 aliphatic heterocycles. The van der Waals surface area contributed by atoms with Crippen LogP contribution in [0.4, 0.5) is 0 Å². The smallest absolute Gasteiger partial charge is 0.00546 e. The molecule has 0 saturated heterocycles. The summed E-state index contributed by atoms with van der Waals surface area (Å²) in [5, 5.41) is 3.02. The Morgan fingerprint density at radius 2 is 1.69 bits per heavy atom. The van der Waals surface area contributed by atoms with E-state index in [0.717, 1.165) is 13.0 Å². The second kappa shape index (κ2) is 9.27. The van der Waals surface area contributed by atoms with Gasteiger partial charge >= 0.3 is 0 Å². The van der Waals surface area contributed by atoms with Gasteiger partial charge < -0.3 is 5.32 Å². The average Bonchev–Trinajstić information content (AvgIpc) is 2.21. The Kier molecular flexibility index (Phi) is 8.68. The van der Waals surface area contributed by atoms with Gasteiger partial charge in [-0.3, -0.25) is 0 Å². The van der Waals surface area contributed by atoms with E-state index in [1.807, 2.05) is 13.1 Å². The molecule has 1 rings (SSSR count). The van der Waals surface area contributed by atoms with Crippen molar-refractivity contribution in [3.8, 4) is 0 Å². The van der Waals surface area contributed by atoms with E-state index in [1.165, 1.54) is 12.0 Å². The number of hydrogen-bond donors (Lipinski definition) is 1. The first kappa shape index (κ1) is 12.2. The first-order valence-electron chi connectivity index (χ1n) is 5.03. The zero-order valence-electron chi connectivity index (χ0n) is 9.01. The predicted molar refractivity (Wildman–Crippen MR) is 60.0 cm³/mol. The van der Waals surface area contributed by atoms with E-state index in [-0.39, 0.29) is 0 Å². The quantitative estimate of drug-likeness (QED) is 0.752. The Morgan fingerprint density at radius 3 is 1.92 bits per heavy atom. The van der Waals surface area contributed by atoms with E-state index < -0.39 is 0 Å². The molecule has 0 aliphatic rings. The Morgan fingerprint density at radius 1 is 1.08 bits per heavy atom. The maximum absolute atomic E-state index is 3.02. The maximum atomic E-state index is 3.02. The Balaban J connectivity index is 0.000000252. The van der Waals surface area contributed by atoms with Crippen LogP contribution in [-0.4, -0.2) is 13.6 Å². The molecule has 1 N–H and O–H groups in total. The molecule has 1 aromatic rings. The van der Waals surface area contributed by atoms with Gasteiger partial charge in [0.05, 0.1) is 0 Å². The molecule has 0 amide bonds. The topological polar surface area (TPSA) is 12.0 Å². The summed E-state index contributed by atoms with van der Waals surface area (Å²) < 4.78 is 0. The van der Waals surface area contributed by atoms with E-state index in [2.05, 4.69) is 43.4 Å². The van der Waals surface area contributed by atoms with Gasteiger partial charge in [-0.25, -0.2) is 0 Å². The molecular weight excluding hydrogens is 158 g/mol. The largest absolute Gasteiger partial charge is 0.320 e. The van der Waals surface area contributed by atoms with Gasteiger partial charge in [-0.05, 0) is 32.0 Å². The molecule has 1 aromatic carbocycles. The first-order chi connectivity index (χ1) is 6.35. The minimum atomic E-state index is 1.14. The molecule has 0 heterocycles. The Bertz CT molecular complexity index is 180. The fourth-order valence-corrected chi connectivity index (χ4v) is 0.964. The predicted octanol–water partition coefficient (Wildman–Crippen LogP) is 2.86. The minimum absolute atomic E-state index is 1.14. The molecule has 0 bridgehead atoms.